The van der Waals surface area contributed by atoms with E-state index in [1.54, 1.807) is 30.6 Å². The lowest BCUT2D eigenvalue weighted by atomic mass is 10.1. The molecule has 0 saturated carbocycles. The number of carbonyl (C=O) groups is 1. The quantitative estimate of drug-likeness (QED) is 0.633. The summed E-state index contributed by atoms with van der Waals surface area (Å²) >= 11 is 0. The minimum absolute atomic E-state index is 0.146. The number of imidazole rings is 1. The van der Waals surface area contributed by atoms with Crippen molar-refractivity contribution in [1.82, 2.24) is 35.9 Å². The van der Waals surface area contributed by atoms with Crippen LogP contribution in [0.3, 0.4) is 0 Å². The highest BCUT2D eigenvalue weighted by molar-refractivity contribution is 5.95. The summed E-state index contributed by atoms with van der Waals surface area (Å²) < 4.78 is 0. The topological polar surface area (TPSA) is 112 Å². The molecule has 0 radical (unpaired) electrons. The van der Waals surface area contributed by atoms with Crippen molar-refractivity contribution in [1.29, 1.82) is 0 Å². The van der Waals surface area contributed by atoms with E-state index in [9.17, 15) is 4.79 Å². The number of H-pyrrole nitrogens is 2. The van der Waals surface area contributed by atoms with Crippen molar-refractivity contribution in [2.45, 2.75) is 6.42 Å². The molecule has 0 aliphatic carbocycles. The Morgan fingerprint density at radius 2 is 2.29 bits per heavy atom. The van der Waals surface area contributed by atoms with E-state index in [0.717, 1.165) is 11.4 Å². The maximum Gasteiger partial charge on any atom is 0.251 e. The van der Waals surface area contributed by atoms with E-state index in [4.69, 9.17) is 0 Å². The monoisotopic (exact) mass is 283 g/mol. The Hall–Kier alpha value is -3.03. The maximum absolute atomic E-state index is 12.1. The third kappa shape index (κ3) is 3.11. The van der Waals surface area contributed by atoms with E-state index in [-0.39, 0.29) is 5.91 Å². The Morgan fingerprint density at radius 1 is 1.33 bits per heavy atom. The largest absolute Gasteiger partial charge is 0.352 e. The zero-order valence-corrected chi connectivity index (χ0v) is 11.1. The lowest BCUT2D eigenvalue weighted by molar-refractivity contribution is 0.0954. The van der Waals surface area contributed by atoms with Crippen LogP contribution < -0.4 is 5.32 Å². The summed E-state index contributed by atoms with van der Waals surface area (Å²) in [6.45, 7) is 0.513. The molecule has 0 fully saturated rings. The number of carbonyl (C=O) groups excluding carboxylic acids is 1. The Morgan fingerprint density at radius 3 is 3.05 bits per heavy atom. The molecule has 2 heterocycles. The smallest absolute Gasteiger partial charge is 0.251 e. The van der Waals surface area contributed by atoms with Crippen LogP contribution in [0.4, 0.5) is 0 Å². The van der Waals surface area contributed by atoms with Crippen LogP contribution in [-0.2, 0) is 6.42 Å². The van der Waals surface area contributed by atoms with Crippen molar-refractivity contribution < 1.29 is 4.79 Å². The number of rotatable bonds is 5. The zero-order valence-electron chi connectivity index (χ0n) is 11.1. The standard InChI is InChI=1S/C13H13N7O/c21-13(16-5-4-11-14-6-7-15-11)10-3-1-2-9(8-10)12-17-19-20-18-12/h1-3,6-8H,4-5H2,(H,14,15)(H,16,21)(H,17,18,19,20). The van der Waals surface area contributed by atoms with E-state index in [2.05, 4.69) is 35.9 Å². The highest BCUT2D eigenvalue weighted by atomic mass is 16.1. The van der Waals surface area contributed by atoms with Crippen LogP contribution in [0.1, 0.15) is 16.2 Å². The normalized spacial score (nSPS) is 10.5. The van der Waals surface area contributed by atoms with Gasteiger partial charge in [-0.15, -0.1) is 10.2 Å². The second-order valence-corrected chi connectivity index (χ2v) is 4.36. The van der Waals surface area contributed by atoms with Gasteiger partial charge in [-0.25, -0.2) is 4.98 Å². The number of aromatic amines is 2. The van der Waals surface area contributed by atoms with Crippen LogP contribution in [0.15, 0.2) is 36.7 Å². The molecule has 0 saturated heterocycles. The first-order chi connectivity index (χ1) is 10.3. The van der Waals surface area contributed by atoms with Gasteiger partial charge in [-0.1, -0.05) is 12.1 Å². The van der Waals surface area contributed by atoms with E-state index in [1.165, 1.54) is 0 Å². The average Bonchev–Trinajstić information content (AvgIpc) is 3.21. The fraction of sp³-hybridized carbons (Fsp3) is 0.154. The first-order valence-electron chi connectivity index (χ1n) is 6.43. The second kappa shape index (κ2) is 5.95. The highest BCUT2D eigenvalue weighted by Crippen LogP contribution is 2.14. The Kier molecular flexibility index (Phi) is 3.68. The molecule has 0 atom stereocenters. The molecule has 2 aromatic heterocycles. The van der Waals surface area contributed by atoms with Gasteiger partial charge in [0, 0.05) is 36.5 Å². The third-order valence-electron chi connectivity index (χ3n) is 2.93. The predicted molar refractivity (Wildman–Crippen MR) is 74.2 cm³/mol. The van der Waals surface area contributed by atoms with E-state index in [1.807, 2.05) is 6.07 Å². The molecule has 3 rings (SSSR count). The van der Waals surface area contributed by atoms with Crippen LogP contribution in [0.25, 0.3) is 11.4 Å². The second-order valence-electron chi connectivity index (χ2n) is 4.36. The highest BCUT2D eigenvalue weighted by Gasteiger charge is 2.09. The van der Waals surface area contributed by atoms with Crippen LogP contribution >= 0.6 is 0 Å². The van der Waals surface area contributed by atoms with Crippen LogP contribution in [0.5, 0.6) is 0 Å². The van der Waals surface area contributed by atoms with Gasteiger partial charge >= 0.3 is 0 Å². The number of tetrazole rings is 1. The molecule has 0 bridgehead atoms. The molecule has 0 unspecified atom stereocenters. The van der Waals surface area contributed by atoms with Gasteiger partial charge in [0.25, 0.3) is 5.91 Å². The summed E-state index contributed by atoms with van der Waals surface area (Å²) in [7, 11) is 0. The third-order valence-corrected chi connectivity index (χ3v) is 2.93. The average molecular weight is 283 g/mol. The molecule has 8 heteroatoms. The molecule has 8 nitrogen and oxygen atoms in total. The molecule has 21 heavy (non-hydrogen) atoms. The molecule has 1 aromatic carbocycles. The summed E-state index contributed by atoms with van der Waals surface area (Å²) in [5, 5.41) is 16.5. The Balaban J connectivity index is 1.63. The number of hydrogen-bond donors (Lipinski definition) is 3. The van der Waals surface area contributed by atoms with Crippen molar-refractivity contribution in [3.63, 3.8) is 0 Å². The van der Waals surface area contributed by atoms with Gasteiger partial charge in [-0.05, 0) is 17.3 Å². The van der Waals surface area contributed by atoms with E-state index >= 15 is 0 Å². The lowest BCUT2D eigenvalue weighted by Crippen LogP contribution is -2.25. The first kappa shape index (κ1) is 13.0. The molecule has 0 aliphatic rings. The van der Waals surface area contributed by atoms with Crippen molar-refractivity contribution >= 4 is 5.91 Å². The van der Waals surface area contributed by atoms with E-state index < -0.39 is 0 Å². The molecular formula is C13H13N7O. The van der Waals surface area contributed by atoms with E-state index in [0.29, 0.717) is 24.4 Å². The number of nitrogens with zero attached hydrogens (tertiary/aromatic N) is 4. The van der Waals surface area contributed by atoms with Crippen LogP contribution in [-0.4, -0.2) is 43.0 Å². The van der Waals surface area contributed by atoms with Gasteiger partial charge in [0.1, 0.15) is 5.82 Å². The minimum Gasteiger partial charge on any atom is -0.352 e. The molecule has 0 spiro atoms. The van der Waals surface area contributed by atoms with Gasteiger partial charge in [0.05, 0.1) is 0 Å². The summed E-state index contributed by atoms with van der Waals surface area (Å²) in [4.78, 5) is 19.2. The predicted octanol–water partition coefficient (Wildman–Crippen LogP) is 0.562. The number of benzene rings is 1. The summed E-state index contributed by atoms with van der Waals surface area (Å²) in [5.74, 6) is 1.16. The molecule has 3 N–H and O–H groups in total. The van der Waals surface area contributed by atoms with Crippen molar-refractivity contribution in [3.05, 3.63) is 48.0 Å². The summed E-state index contributed by atoms with van der Waals surface area (Å²) in [6.07, 6.45) is 4.10. The summed E-state index contributed by atoms with van der Waals surface area (Å²) in [6, 6.07) is 7.08. The molecule has 106 valence electrons. The Labute approximate surface area is 120 Å². The molecule has 1 amide bonds. The maximum atomic E-state index is 12.1. The molecule has 3 aromatic rings. The summed E-state index contributed by atoms with van der Waals surface area (Å²) in [5.41, 5.74) is 1.29. The fourth-order valence-corrected chi connectivity index (χ4v) is 1.91. The van der Waals surface area contributed by atoms with Crippen LogP contribution in [0, 0.1) is 0 Å². The number of hydrogen-bond acceptors (Lipinski definition) is 5. The first-order valence-corrected chi connectivity index (χ1v) is 6.43. The lowest BCUT2D eigenvalue weighted by Gasteiger charge is -2.05. The van der Waals surface area contributed by atoms with Gasteiger partial charge in [-0.3, -0.25) is 4.79 Å². The molecular weight excluding hydrogens is 270 g/mol. The van der Waals surface area contributed by atoms with Crippen LogP contribution in [0.2, 0.25) is 0 Å². The van der Waals surface area contributed by atoms with Gasteiger partial charge in [0.2, 0.25) is 5.82 Å². The fourth-order valence-electron chi connectivity index (χ4n) is 1.91. The zero-order chi connectivity index (χ0) is 14.5. The number of amides is 1. The minimum atomic E-state index is -0.146. The Bertz CT molecular complexity index is 706. The van der Waals surface area contributed by atoms with Crippen molar-refractivity contribution in [3.8, 4) is 11.4 Å². The number of nitrogens with one attached hydrogen (secondary N) is 3. The molecule has 0 aliphatic heterocycles. The van der Waals surface area contributed by atoms with Crippen molar-refractivity contribution in [2.75, 3.05) is 6.54 Å². The van der Waals surface area contributed by atoms with Gasteiger partial charge < -0.3 is 10.3 Å². The number of aromatic nitrogens is 6. The van der Waals surface area contributed by atoms with Crippen molar-refractivity contribution in [2.24, 2.45) is 0 Å². The van der Waals surface area contributed by atoms with Gasteiger partial charge in [-0.2, -0.15) is 5.21 Å². The SMILES string of the molecule is O=C(NCCc1ncc[nH]1)c1cccc(-c2nn[nH]n2)c1. The van der Waals surface area contributed by atoms with Gasteiger partial charge in [0.15, 0.2) is 0 Å².